The number of amides is 2. The van der Waals surface area contributed by atoms with Crippen molar-refractivity contribution in [3.63, 3.8) is 0 Å². The van der Waals surface area contributed by atoms with Gasteiger partial charge in [-0.1, -0.05) is 18.2 Å². The Morgan fingerprint density at radius 3 is 2.20 bits per heavy atom. The van der Waals surface area contributed by atoms with E-state index in [9.17, 15) is 31.2 Å². The third kappa shape index (κ3) is 9.59. The number of methoxy groups -OCH3 is 1. The van der Waals surface area contributed by atoms with Gasteiger partial charge in [-0.25, -0.2) is 9.11 Å². The molecule has 2 heterocycles. The van der Waals surface area contributed by atoms with Crippen molar-refractivity contribution in [1.82, 2.24) is 18.8 Å². The second kappa shape index (κ2) is 16.0. The van der Waals surface area contributed by atoms with E-state index in [-0.39, 0.29) is 68.7 Å². The van der Waals surface area contributed by atoms with Gasteiger partial charge in [0.15, 0.2) is 0 Å². The standard InChI is InChI=1S/C34H46F4N4O6S.ClH/c1-32(2,3)42-21-28(24-9-12-26(47-6)13-10-24)33(35,22-42)31(44)41-17-15-23(16-18-41)27-14-11-25(34(36,37)38)20-29(27)48-19-7-8-30(43)39-49(45,46)40(4)5;/h9-14,20,23,28H,7-8,15-19,21-22H2,1-6H3,(H,39,43);1H/t28-,33-;/m0./s1. The van der Waals surface area contributed by atoms with Crippen molar-refractivity contribution in [3.8, 4) is 11.5 Å². The lowest BCUT2D eigenvalue weighted by Crippen LogP contribution is -2.53. The Morgan fingerprint density at radius 1 is 1.04 bits per heavy atom. The lowest BCUT2D eigenvalue weighted by atomic mass is 9.83. The number of rotatable bonds is 11. The molecule has 10 nitrogen and oxygen atoms in total. The molecule has 2 fully saturated rings. The van der Waals surface area contributed by atoms with Crippen molar-refractivity contribution < 1.29 is 45.0 Å². The zero-order valence-electron chi connectivity index (χ0n) is 29.2. The van der Waals surface area contributed by atoms with Gasteiger partial charge in [-0.05, 0) is 81.3 Å². The molecule has 0 spiro atoms. The number of nitrogens with zero attached hydrogens (tertiary/aromatic N) is 3. The van der Waals surface area contributed by atoms with Crippen molar-refractivity contribution in [2.24, 2.45) is 0 Å². The maximum Gasteiger partial charge on any atom is 0.416 e. The van der Waals surface area contributed by atoms with Crippen LogP contribution in [0.2, 0.25) is 0 Å². The smallest absolute Gasteiger partial charge is 0.416 e. The van der Waals surface area contributed by atoms with E-state index >= 15 is 4.39 Å². The Labute approximate surface area is 298 Å². The van der Waals surface area contributed by atoms with Crippen LogP contribution in [0.1, 0.15) is 75.0 Å². The highest BCUT2D eigenvalue weighted by Crippen LogP contribution is 2.45. The van der Waals surface area contributed by atoms with E-state index in [1.54, 1.807) is 31.4 Å². The van der Waals surface area contributed by atoms with E-state index in [4.69, 9.17) is 9.47 Å². The molecule has 1 N–H and O–H groups in total. The molecular formula is C34H47ClF4N4O6S. The molecule has 2 atom stereocenters. The average Bonchev–Trinajstić information content (AvgIpc) is 3.41. The van der Waals surface area contributed by atoms with E-state index in [0.717, 1.165) is 16.4 Å². The molecule has 0 saturated carbocycles. The molecule has 50 heavy (non-hydrogen) atoms. The lowest BCUT2D eigenvalue weighted by molar-refractivity contribution is -0.145. The highest BCUT2D eigenvalue weighted by atomic mass is 35.5. The van der Waals surface area contributed by atoms with Crippen molar-refractivity contribution >= 4 is 34.4 Å². The van der Waals surface area contributed by atoms with Crippen LogP contribution < -0.4 is 14.2 Å². The average molecular weight is 751 g/mol. The second-order valence-electron chi connectivity index (χ2n) is 13.8. The topological polar surface area (TPSA) is 108 Å². The van der Waals surface area contributed by atoms with Gasteiger partial charge in [0.25, 0.3) is 5.91 Å². The normalized spacial score (nSPS) is 20.8. The quantitative estimate of drug-likeness (QED) is 0.238. The Morgan fingerprint density at radius 2 is 1.66 bits per heavy atom. The Balaban J connectivity index is 0.00000676. The minimum atomic E-state index is -4.62. The third-order valence-corrected chi connectivity index (χ3v) is 10.7. The molecule has 0 radical (unpaired) electrons. The number of nitrogens with one attached hydrogen (secondary N) is 1. The molecule has 2 amide bonds. The van der Waals surface area contributed by atoms with Gasteiger partial charge < -0.3 is 14.4 Å². The minimum absolute atomic E-state index is 0. The number of hydrogen-bond acceptors (Lipinski definition) is 7. The predicted octanol–water partition coefficient (Wildman–Crippen LogP) is 5.53. The van der Waals surface area contributed by atoms with Gasteiger partial charge in [-0.15, -0.1) is 12.4 Å². The van der Waals surface area contributed by atoms with Crippen molar-refractivity contribution in [2.45, 2.75) is 75.7 Å². The number of hydrogen-bond donors (Lipinski definition) is 1. The first kappa shape index (κ1) is 41.3. The summed E-state index contributed by atoms with van der Waals surface area (Å²) in [6, 6.07) is 10.3. The predicted molar refractivity (Wildman–Crippen MR) is 184 cm³/mol. The first-order valence-corrected chi connectivity index (χ1v) is 17.6. The SMILES string of the molecule is COc1ccc([C@@H]2CN(C(C)(C)C)C[C@@]2(F)C(=O)N2CCC(c3ccc(C(F)(F)F)cc3OCCCC(=O)NS(=O)(=O)N(C)C)CC2)cc1.Cl. The number of piperidine rings is 1. The summed E-state index contributed by atoms with van der Waals surface area (Å²) in [5.41, 5.74) is -2.25. The summed E-state index contributed by atoms with van der Waals surface area (Å²) >= 11 is 0. The van der Waals surface area contributed by atoms with E-state index in [2.05, 4.69) is 0 Å². The number of carbonyl (C=O) groups is 2. The van der Waals surface area contributed by atoms with Gasteiger partial charge in [0.05, 0.1) is 19.3 Å². The summed E-state index contributed by atoms with van der Waals surface area (Å²) in [6.07, 6.45) is -4.03. The Bertz CT molecular complexity index is 1600. The summed E-state index contributed by atoms with van der Waals surface area (Å²) in [5, 5.41) is 0. The van der Waals surface area contributed by atoms with Crippen LogP contribution in [-0.4, -0.2) is 99.5 Å². The molecule has 0 unspecified atom stereocenters. The van der Waals surface area contributed by atoms with Crippen LogP contribution >= 0.6 is 12.4 Å². The van der Waals surface area contributed by atoms with Gasteiger partial charge in [-0.3, -0.25) is 14.5 Å². The fourth-order valence-electron chi connectivity index (χ4n) is 6.28. The molecule has 2 aliphatic heterocycles. The first-order chi connectivity index (χ1) is 22.8. The molecule has 280 valence electrons. The molecule has 16 heteroatoms. The lowest BCUT2D eigenvalue weighted by Gasteiger charge is -2.38. The van der Waals surface area contributed by atoms with Gasteiger partial charge in [0.2, 0.25) is 11.6 Å². The highest BCUT2D eigenvalue weighted by molar-refractivity contribution is 7.87. The first-order valence-electron chi connectivity index (χ1n) is 16.2. The largest absolute Gasteiger partial charge is 0.497 e. The summed E-state index contributed by atoms with van der Waals surface area (Å²) in [6.45, 7) is 6.51. The maximum atomic E-state index is 17.1. The number of alkyl halides is 4. The second-order valence-corrected chi connectivity index (χ2v) is 15.7. The van der Waals surface area contributed by atoms with E-state index in [1.165, 1.54) is 25.1 Å². The fraction of sp³-hybridized carbons (Fsp3) is 0.588. The van der Waals surface area contributed by atoms with Crippen molar-refractivity contribution in [1.29, 1.82) is 0 Å². The molecule has 0 aliphatic carbocycles. The zero-order chi connectivity index (χ0) is 36.4. The Hall–Kier alpha value is -3.14. The molecule has 4 rings (SSSR count). The highest BCUT2D eigenvalue weighted by Gasteiger charge is 2.57. The zero-order valence-corrected chi connectivity index (χ0v) is 30.8. The van der Waals surface area contributed by atoms with Gasteiger partial charge in [0.1, 0.15) is 11.5 Å². The minimum Gasteiger partial charge on any atom is -0.497 e. The molecule has 0 aromatic heterocycles. The Kier molecular flexibility index (Phi) is 13.2. The number of likely N-dealkylation sites (tertiary alicyclic amines) is 2. The fourth-order valence-corrected chi connectivity index (χ4v) is 6.85. The third-order valence-electron chi connectivity index (χ3n) is 9.29. The van der Waals surface area contributed by atoms with Crippen LogP contribution in [0.5, 0.6) is 11.5 Å². The van der Waals surface area contributed by atoms with E-state index < -0.39 is 45.4 Å². The molecular weight excluding hydrogens is 704 g/mol. The maximum absolute atomic E-state index is 17.1. The van der Waals surface area contributed by atoms with Crippen LogP contribution in [-0.2, 0) is 26.0 Å². The summed E-state index contributed by atoms with van der Waals surface area (Å²) in [7, 11) is 0.0993. The van der Waals surface area contributed by atoms with Crippen LogP contribution in [0.3, 0.4) is 0 Å². The molecule has 2 saturated heterocycles. The summed E-state index contributed by atoms with van der Waals surface area (Å²) < 4.78 is 95.5. The van der Waals surface area contributed by atoms with Gasteiger partial charge in [-0.2, -0.15) is 25.9 Å². The van der Waals surface area contributed by atoms with Crippen molar-refractivity contribution in [2.75, 3.05) is 54.0 Å². The number of halogens is 5. The monoisotopic (exact) mass is 750 g/mol. The molecule has 2 aliphatic rings. The summed E-state index contributed by atoms with van der Waals surface area (Å²) in [4.78, 5) is 29.6. The van der Waals surface area contributed by atoms with E-state index in [0.29, 0.717) is 36.3 Å². The molecule has 2 aromatic rings. The van der Waals surface area contributed by atoms with E-state index in [1.807, 2.05) is 30.4 Å². The van der Waals surface area contributed by atoms with Gasteiger partial charge >= 0.3 is 16.4 Å². The van der Waals surface area contributed by atoms with Crippen LogP contribution in [0, 0.1) is 0 Å². The van der Waals surface area contributed by atoms with Crippen LogP contribution in [0.4, 0.5) is 17.6 Å². The molecule has 2 aromatic carbocycles. The van der Waals surface area contributed by atoms with Gasteiger partial charge in [0, 0.05) is 58.2 Å². The van der Waals surface area contributed by atoms with Crippen LogP contribution in [0.25, 0.3) is 0 Å². The van der Waals surface area contributed by atoms with Crippen molar-refractivity contribution in [3.05, 3.63) is 59.2 Å². The number of ether oxygens (including phenoxy) is 2. The number of carbonyl (C=O) groups excluding carboxylic acids is 2. The number of benzene rings is 2. The summed E-state index contributed by atoms with van der Waals surface area (Å²) in [5.74, 6) is -1.72. The molecule has 0 bridgehead atoms. The van der Waals surface area contributed by atoms with Crippen LogP contribution in [0.15, 0.2) is 42.5 Å².